The van der Waals surface area contributed by atoms with Crippen molar-refractivity contribution in [3.05, 3.63) is 75.8 Å². The van der Waals surface area contributed by atoms with Crippen LogP contribution in [0.15, 0.2) is 65.5 Å². The van der Waals surface area contributed by atoms with Gasteiger partial charge in [-0.2, -0.15) is 0 Å². The van der Waals surface area contributed by atoms with Crippen LogP contribution in [0.5, 0.6) is 17.4 Å². The van der Waals surface area contributed by atoms with Gasteiger partial charge in [-0.3, -0.25) is 14.3 Å². The van der Waals surface area contributed by atoms with Gasteiger partial charge in [0.15, 0.2) is 4.77 Å². The SMILES string of the molecule is O=c1cc(O)n(-c2ccc(Oc3ccccc3)cc2)c(=S)[nH]1. The lowest BCUT2D eigenvalue weighted by atomic mass is 10.3. The van der Waals surface area contributed by atoms with E-state index in [1.807, 2.05) is 30.3 Å². The summed E-state index contributed by atoms with van der Waals surface area (Å²) >= 11 is 5.06. The van der Waals surface area contributed by atoms with Crippen LogP contribution in [0.4, 0.5) is 0 Å². The highest BCUT2D eigenvalue weighted by molar-refractivity contribution is 7.71. The van der Waals surface area contributed by atoms with Crippen molar-refractivity contribution in [2.24, 2.45) is 0 Å². The average molecular weight is 312 g/mol. The van der Waals surface area contributed by atoms with E-state index >= 15 is 0 Å². The molecule has 0 aliphatic heterocycles. The van der Waals surface area contributed by atoms with E-state index in [-0.39, 0.29) is 10.7 Å². The summed E-state index contributed by atoms with van der Waals surface area (Å²) < 4.78 is 7.18. The lowest BCUT2D eigenvalue weighted by Gasteiger charge is -2.10. The Hall–Kier alpha value is -2.86. The molecule has 0 bridgehead atoms. The van der Waals surface area contributed by atoms with E-state index in [1.165, 1.54) is 4.57 Å². The summed E-state index contributed by atoms with van der Waals surface area (Å²) in [6.45, 7) is 0. The molecule has 0 aliphatic rings. The lowest BCUT2D eigenvalue weighted by molar-refractivity contribution is 0.433. The van der Waals surface area contributed by atoms with Crippen LogP contribution in [0.25, 0.3) is 5.69 Å². The summed E-state index contributed by atoms with van der Waals surface area (Å²) in [4.78, 5) is 13.7. The molecular weight excluding hydrogens is 300 g/mol. The largest absolute Gasteiger partial charge is 0.494 e. The van der Waals surface area contributed by atoms with Gasteiger partial charge in [0.1, 0.15) is 11.5 Å². The molecule has 2 N–H and O–H groups in total. The van der Waals surface area contributed by atoms with Gasteiger partial charge < -0.3 is 9.84 Å². The monoisotopic (exact) mass is 312 g/mol. The minimum absolute atomic E-state index is 0.127. The van der Waals surface area contributed by atoms with Gasteiger partial charge in [0, 0.05) is 0 Å². The second kappa shape index (κ2) is 5.87. The minimum Gasteiger partial charge on any atom is -0.494 e. The Balaban J connectivity index is 1.92. The van der Waals surface area contributed by atoms with Gasteiger partial charge in [-0.05, 0) is 48.6 Å². The number of nitrogens with zero attached hydrogens (tertiary/aromatic N) is 1. The molecule has 0 fully saturated rings. The van der Waals surface area contributed by atoms with E-state index in [0.717, 1.165) is 11.8 Å². The average Bonchev–Trinajstić information content (AvgIpc) is 2.49. The van der Waals surface area contributed by atoms with Gasteiger partial charge in [0.2, 0.25) is 5.88 Å². The highest BCUT2D eigenvalue weighted by Crippen LogP contribution is 2.23. The number of aromatic amines is 1. The molecule has 2 aromatic carbocycles. The molecule has 110 valence electrons. The van der Waals surface area contributed by atoms with Crippen molar-refractivity contribution in [3.63, 3.8) is 0 Å². The van der Waals surface area contributed by atoms with Crippen LogP contribution in [-0.4, -0.2) is 14.7 Å². The Morgan fingerprint density at radius 2 is 1.64 bits per heavy atom. The van der Waals surface area contributed by atoms with Crippen LogP contribution in [0, 0.1) is 4.77 Å². The van der Waals surface area contributed by atoms with E-state index in [9.17, 15) is 9.90 Å². The zero-order chi connectivity index (χ0) is 15.5. The van der Waals surface area contributed by atoms with Crippen LogP contribution in [0.3, 0.4) is 0 Å². The molecule has 0 radical (unpaired) electrons. The van der Waals surface area contributed by atoms with Crippen molar-refractivity contribution in [3.8, 4) is 23.1 Å². The number of hydrogen-bond acceptors (Lipinski definition) is 4. The Kier molecular flexibility index (Phi) is 3.76. The Labute approximate surface area is 131 Å². The summed E-state index contributed by atoms with van der Waals surface area (Å²) in [5.74, 6) is 1.18. The highest BCUT2D eigenvalue weighted by atomic mass is 32.1. The van der Waals surface area contributed by atoms with Crippen molar-refractivity contribution in [1.29, 1.82) is 0 Å². The quantitative estimate of drug-likeness (QED) is 0.727. The first-order valence-electron chi connectivity index (χ1n) is 6.52. The summed E-state index contributed by atoms with van der Waals surface area (Å²) in [6, 6.07) is 17.5. The van der Waals surface area contributed by atoms with Crippen molar-refractivity contribution >= 4 is 12.2 Å². The number of benzene rings is 2. The third-order valence-electron chi connectivity index (χ3n) is 3.00. The predicted octanol–water partition coefficient (Wildman–Crippen LogP) is 3.39. The Morgan fingerprint density at radius 3 is 2.27 bits per heavy atom. The number of rotatable bonds is 3. The molecule has 0 saturated heterocycles. The van der Waals surface area contributed by atoms with E-state index in [2.05, 4.69) is 4.98 Å². The summed E-state index contributed by atoms with van der Waals surface area (Å²) in [5, 5.41) is 9.88. The molecule has 5 nitrogen and oxygen atoms in total. The third kappa shape index (κ3) is 2.91. The maximum Gasteiger partial charge on any atom is 0.255 e. The molecule has 6 heteroatoms. The van der Waals surface area contributed by atoms with Crippen LogP contribution in [-0.2, 0) is 0 Å². The third-order valence-corrected chi connectivity index (χ3v) is 3.28. The number of nitrogens with one attached hydrogen (secondary N) is 1. The van der Waals surface area contributed by atoms with E-state index < -0.39 is 5.56 Å². The Morgan fingerprint density at radius 1 is 1.00 bits per heavy atom. The molecule has 0 amide bonds. The molecule has 0 saturated carbocycles. The second-order valence-corrected chi connectivity index (χ2v) is 4.93. The van der Waals surface area contributed by atoms with Crippen LogP contribution in [0.2, 0.25) is 0 Å². The van der Waals surface area contributed by atoms with Crippen LogP contribution < -0.4 is 10.3 Å². The number of ether oxygens (including phenoxy) is 1. The molecule has 0 unspecified atom stereocenters. The van der Waals surface area contributed by atoms with Gasteiger partial charge >= 0.3 is 0 Å². The summed E-state index contributed by atoms with van der Waals surface area (Å²) in [5.41, 5.74) is 0.182. The fourth-order valence-electron chi connectivity index (χ4n) is 2.02. The lowest BCUT2D eigenvalue weighted by Crippen LogP contribution is -2.10. The first-order chi connectivity index (χ1) is 10.6. The Bertz CT molecular complexity index is 899. The molecule has 0 spiro atoms. The van der Waals surface area contributed by atoms with Crippen molar-refractivity contribution in [2.45, 2.75) is 0 Å². The molecule has 0 aliphatic carbocycles. The maximum absolute atomic E-state index is 11.2. The molecule has 22 heavy (non-hydrogen) atoms. The predicted molar refractivity (Wildman–Crippen MR) is 85.4 cm³/mol. The van der Waals surface area contributed by atoms with Crippen molar-refractivity contribution in [2.75, 3.05) is 0 Å². The van der Waals surface area contributed by atoms with Crippen molar-refractivity contribution in [1.82, 2.24) is 9.55 Å². The first-order valence-corrected chi connectivity index (χ1v) is 6.93. The number of para-hydroxylation sites is 1. The van der Waals surface area contributed by atoms with E-state index in [0.29, 0.717) is 11.4 Å². The molecule has 1 aromatic heterocycles. The fourth-order valence-corrected chi connectivity index (χ4v) is 2.32. The number of aromatic nitrogens is 2. The number of hydrogen-bond donors (Lipinski definition) is 2. The van der Waals surface area contributed by atoms with E-state index in [4.69, 9.17) is 17.0 Å². The second-order valence-electron chi connectivity index (χ2n) is 4.54. The fraction of sp³-hybridized carbons (Fsp3) is 0. The normalized spacial score (nSPS) is 10.4. The number of H-pyrrole nitrogens is 1. The van der Waals surface area contributed by atoms with Gasteiger partial charge in [0.25, 0.3) is 5.56 Å². The standard InChI is InChI=1S/C16H12N2O3S/c19-14-10-15(20)18(16(22)17-14)11-6-8-13(9-7-11)21-12-4-2-1-3-5-12/h1-10,20H,(H,17,19,22). The topological polar surface area (TPSA) is 67.2 Å². The van der Waals surface area contributed by atoms with E-state index in [1.54, 1.807) is 24.3 Å². The first kappa shape index (κ1) is 14.1. The summed E-state index contributed by atoms with van der Waals surface area (Å²) in [6.07, 6.45) is 0. The minimum atomic E-state index is -0.442. The van der Waals surface area contributed by atoms with Gasteiger partial charge in [-0.1, -0.05) is 18.2 Å². The zero-order valence-corrected chi connectivity index (χ0v) is 12.2. The van der Waals surface area contributed by atoms with Crippen LogP contribution >= 0.6 is 12.2 Å². The van der Waals surface area contributed by atoms with Crippen LogP contribution in [0.1, 0.15) is 0 Å². The molecule has 1 heterocycles. The van der Waals surface area contributed by atoms with Gasteiger partial charge in [-0.15, -0.1) is 0 Å². The van der Waals surface area contributed by atoms with Gasteiger partial charge in [-0.25, -0.2) is 0 Å². The smallest absolute Gasteiger partial charge is 0.255 e. The molecule has 3 aromatic rings. The maximum atomic E-state index is 11.2. The number of aromatic hydroxyl groups is 1. The molecular formula is C16H12N2O3S. The highest BCUT2D eigenvalue weighted by Gasteiger charge is 2.05. The van der Waals surface area contributed by atoms with Crippen molar-refractivity contribution < 1.29 is 9.84 Å². The zero-order valence-electron chi connectivity index (χ0n) is 11.4. The molecule has 0 atom stereocenters. The van der Waals surface area contributed by atoms with Gasteiger partial charge in [0.05, 0.1) is 11.8 Å². The molecule has 3 rings (SSSR count). The summed E-state index contributed by atoms with van der Waals surface area (Å²) in [7, 11) is 0.